The van der Waals surface area contributed by atoms with E-state index in [1.54, 1.807) is 0 Å². The van der Waals surface area contributed by atoms with Crippen molar-refractivity contribution >= 4 is 66.5 Å². The van der Waals surface area contributed by atoms with Crippen LogP contribution in [-0.2, 0) is 0 Å². The lowest BCUT2D eigenvalue weighted by Crippen LogP contribution is -1.93. The highest BCUT2D eigenvalue weighted by Gasteiger charge is 2.19. The molecule has 4 nitrogen and oxygen atoms in total. The minimum absolute atomic E-state index is 0.902. The van der Waals surface area contributed by atoms with Crippen LogP contribution in [0.3, 0.4) is 0 Å². The van der Waals surface area contributed by atoms with Gasteiger partial charge in [0.15, 0.2) is 0 Å². The molecule has 0 bridgehead atoms. The van der Waals surface area contributed by atoms with Gasteiger partial charge in [0.05, 0.1) is 22.8 Å². The molecular weight excluding hydrogens is 462 g/mol. The molecule has 0 aliphatic rings. The highest BCUT2D eigenvalue weighted by molar-refractivity contribution is 7.00. The molecule has 5 aromatic carbocycles. The number of aromatic nitrogens is 3. The van der Waals surface area contributed by atoms with E-state index in [4.69, 9.17) is 4.42 Å². The third-order valence-corrected chi connectivity index (χ3v) is 7.75. The van der Waals surface area contributed by atoms with Gasteiger partial charge in [0, 0.05) is 32.8 Å². The SMILES string of the molecule is Cc1ccc(-c2cccc3c2c2ccccc2n3-c2ccc3oc4ccccc4c3c2)c2nsnc12. The molecule has 3 aromatic heterocycles. The highest BCUT2D eigenvalue weighted by Crippen LogP contribution is 2.41. The molecule has 0 unspecified atom stereocenters. The molecule has 8 rings (SSSR count). The van der Waals surface area contributed by atoms with Crippen molar-refractivity contribution in [3.05, 3.63) is 103 Å². The fraction of sp³-hybridized carbons (Fsp3) is 0.0323. The van der Waals surface area contributed by atoms with Crippen LogP contribution in [0.2, 0.25) is 0 Å². The summed E-state index contributed by atoms with van der Waals surface area (Å²) in [5, 5.41) is 4.70. The van der Waals surface area contributed by atoms with E-state index < -0.39 is 0 Å². The second kappa shape index (κ2) is 7.26. The molecule has 0 atom stereocenters. The molecular formula is C31H19N3OS. The van der Waals surface area contributed by atoms with Crippen molar-refractivity contribution < 1.29 is 4.42 Å². The number of fused-ring (bicyclic) bond motifs is 7. The number of para-hydroxylation sites is 2. The molecule has 0 spiro atoms. The molecule has 0 radical (unpaired) electrons. The molecule has 0 aliphatic heterocycles. The van der Waals surface area contributed by atoms with Crippen molar-refractivity contribution in [3.8, 4) is 16.8 Å². The Bertz CT molecular complexity index is 2130. The Hall–Kier alpha value is -4.48. The van der Waals surface area contributed by atoms with Gasteiger partial charge in [-0.25, -0.2) is 0 Å². The van der Waals surface area contributed by atoms with Crippen molar-refractivity contribution in [2.24, 2.45) is 0 Å². The van der Waals surface area contributed by atoms with E-state index in [0.29, 0.717) is 0 Å². The van der Waals surface area contributed by atoms with E-state index in [0.717, 1.165) is 55.3 Å². The predicted octanol–water partition coefficient (Wildman–Crippen LogP) is 8.66. The normalized spacial score (nSPS) is 12.0. The molecule has 0 fully saturated rings. The molecule has 0 saturated heterocycles. The number of hydrogen-bond acceptors (Lipinski definition) is 4. The largest absolute Gasteiger partial charge is 0.456 e. The van der Waals surface area contributed by atoms with Crippen LogP contribution in [-0.4, -0.2) is 13.3 Å². The molecule has 0 aliphatic carbocycles. The number of benzene rings is 5. The summed E-state index contributed by atoms with van der Waals surface area (Å²) in [6.45, 7) is 2.09. The minimum atomic E-state index is 0.902. The minimum Gasteiger partial charge on any atom is -0.456 e. The van der Waals surface area contributed by atoms with Gasteiger partial charge >= 0.3 is 0 Å². The molecule has 3 heterocycles. The molecule has 0 N–H and O–H groups in total. The summed E-state index contributed by atoms with van der Waals surface area (Å²) in [4.78, 5) is 0. The Morgan fingerprint density at radius 3 is 2.36 bits per heavy atom. The first-order valence-electron chi connectivity index (χ1n) is 11.9. The summed E-state index contributed by atoms with van der Waals surface area (Å²) in [5.41, 5.74) is 10.7. The standard InChI is InChI=1S/C31H19N3OS/c1-18-13-15-22(31-30(18)32-36-33-31)21-9-6-11-26-29(21)23-8-2-4-10-25(23)34(26)19-14-16-28-24(17-19)20-7-3-5-12-27(20)35-28/h2-17H,1H3. The molecule has 0 saturated carbocycles. The Morgan fingerprint density at radius 2 is 1.42 bits per heavy atom. The second-order valence-electron chi connectivity index (χ2n) is 9.22. The van der Waals surface area contributed by atoms with Crippen molar-refractivity contribution in [1.29, 1.82) is 0 Å². The van der Waals surface area contributed by atoms with Crippen LogP contribution in [0.5, 0.6) is 0 Å². The first-order chi connectivity index (χ1) is 17.8. The average molecular weight is 482 g/mol. The first-order valence-corrected chi connectivity index (χ1v) is 12.7. The van der Waals surface area contributed by atoms with E-state index in [9.17, 15) is 0 Å². The van der Waals surface area contributed by atoms with E-state index >= 15 is 0 Å². The van der Waals surface area contributed by atoms with Crippen LogP contribution in [0.15, 0.2) is 101 Å². The smallest absolute Gasteiger partial charge is 0.135 e. The van der Waals surface area contributed by atoms with Crippen LogP contribution in [0.1, 0.15) is 5.56 Å². The van der Waals surface area contributed by atoms with Gasteiger partial charge in [0.25, 0.3) is 0 Å². The van der Waals surface area contributed by atoms with E-state index in [-0.39, 0.29) is 0 Å². The zero-order chi connectivity index (χ0) is 23.8. The molecule has 0 amide bonds. The fourth-order valence-corrected chi connectivity index (χ4v) is 6.20. The zero-order valence-electron chi connectivity index (χ0n) is 19.4. The predicted molar refractivity (Wildman–Crippen MR) is 149 cm³/mol. The van der Waals surface area contributed by atoms with Crippen molar-refractivity contribution in [2.75, 3.05) is 0 Å². The third kappa shape index (κ3) is 2.63. The van der Waals surface area contributed by atoms with Crippen molar-refractivity contribution in [2.45, 2.75) is 6.92 Å². The summed E-state index contributed by atoms with van der Waals surface area (Å²) in [6, 6.07) is 34.2. The van der Waals surface area contributed by atoms with Crippen molar-refractivity contribution in [1.82, 2.24) is 13.3 Å². The van der Waals surface area contributed by atoms with Gasteiger partial charge in [-0.1, -0.05) is 60.7 Å². The van der Waals surface area contributed by atoms with Gasteiger partial charge in [-0.3, -0.25) is 0 Å². The first kappa shape index (κ1) is 19.8. The molecule has 8 aromatic rings. The summed E-state index contributed by atoms with van der Waals surface area (Å²) < 4.78 is 17.7. The Morgan fingerprint density at radius 1 is 0.639 bits per heavy atom. The van der Waals surface area contributed by atoms with Gasteiger partial charge in [-0.2, -0.15) is 8.75 Å². The van der Waals surface area contributed by atoms with Gasteiger partial charge < -0.3 is 8.98 Å². The van der Waals surface area contributed by atoms with Gasteiger partial charge in [-0.05, 0) is 54.4 Å². The monoisotopic (exact) mass is 481 g/mol. The zero-order valence-corrected chi connectivity index (χ0v) is 20.2. The molecule has 5 heteroatoms. The van der Waals surface area contributed by atoms with E-state index in [2.05, 4.69) is 105 Å². The lowest BCUT2D eigenvalue weighted by Gasteiger charge is -2.09. The maximum Gasteiger partial charge on any atom is 0.135 e. The Labute approximate surface area is 210 Å². The maximum absolute atomic E-state index is 6.10. The topological polar surface area (TPSA) is 43.9 Å². The average Bonchev–Trinajstić information content (AvgIpc) is 3.63. The van der Waals surface area contributed by atoms with Gasteiger partial charge in [0.2, 0.25) is 0 Å². The highest BCUT2D eigenvalue weighted by atomic mass is 32.1. The number of aryl methyl sites for hydroxylation is 1. The lowest BCUT2D eigenvalue weighted by atomic mass is 9.97. The van der Waals surface area contributed by atoms with Crippen LogP contribution < -0.4 is 0 Å². The Kier molecular flexibility index (Phi) is 3.99. The van der Waals surface area contributed by atoms with E-state index in [1.807, 2.05) is 12.1 Å². The molecule has 170 valence electrons. The lowest BCUT2D eigenvalue weighted by molar-refractivity contribution is 0.669. The summed E-state index contributed by atoms with van der Waals surface area (Å²) in [5.74, 6) is 0. The van der Waals surface area contributed by atoms with Crippen LogP contribution in [0.25, 0.3) is 71.6 Å². The Balaban J connectivity index is 1.48. The van der Waals surface area contributed by atoms with Gasteiger partial charge in [-0.15, -0.1) is 0 Å². The van der Waals surface area contributed by atoms with Crippen LogP contribution in [0, 0.1) is 6.92 Å². The summed E-state index contributed by atoms with van der Waals surface area (Å²) >= 11 is 1.28. The second-order valence-corrected chi connectivity index (χ2v) is 9.75. The quantitative estimate of drug-likeness (QED) is 0.248. The van der Waals surface area contributed by atoms with Gasteiger partial charge in [0.1, 0.15) is 22.2 Å². The van der Waals surface area contributed by atoms with Crippen LogP contribution >= 0.6 is 11.7 Å². The number of nitrogens with zero attached hydrogens (tertiary/aromatic N) is 3. The fourth-order valence-electron chi connectivity index (χ4n) is 5.58. The summed E-state index contributed by atoms with van der Waals surface area (Å²) in [6.07, 6.45) is 0. The number of furan rings is 1. The van der Waals surface area contributed by atoms with E-state index in [1.165, 1.54) is 33.6 Å². The third-order valence-electron chi connectivity index (χ3n) is 7.22. The summed E-state index contributed by atoms with van der Waals surface area (Å²) in [7, 11) is 0. The van der Waals surface area contributed by atoms with Crippen molar-refractivity contribution in [3.63, 3.8) is 0 Å². The molecule has 36 heavy (non-hydrogen) atoms. The maximum atomic E-state index is 6.10. The van der Waals surface area contributed by atoms with Crippen LogP contribution in [0.4, 0.5) is 0 Å². The number of rotatable bonds is 2. The number of hydrogen-bond donors (Lipinski definition) is 0.